The number of nitrogens with zero attached hydrogens (tertiary/aromatic N) is 1. The molecule has 192 valence electrons. The lowest BCUT2D eigenvalue weighted by atomic mass is 9.98. The Bertz CT molecular complexity index is 1280. The number of benzene rings is 3. The summed E-state index contributed by atoms with van der Waals surface area (Å²) in [6.07, 6.45) is 1.94. The van der Waals surface area contributed by atoms with Crippen molar-refractivity contribution >= 4 is 34.5 Å². The molecule has 37 heavy (non-hydrogen) atoms. The van der Waals surface area contributed by atoms with Gasteiger partial charge in [0, 0.05) is 17.3 Å². The van der Waals surface area contributed by atoms with Crippen molar-refractivity contribution in [1.82, 2.24) is 4.90 Å². The summed E-state index contributed by atoms with van der Waals surface area (Å²) >= 11 is 0. The monoisotopic (exact) mass is 498 g/mol. The molecule has 0 radical (unpaired) electrons. The van der Waals surface area contributed by atoms with Crippen molar-refractivity contribution in [2.45, 2.75) is 25.8 Å². The highest BCUT2D eigenvalue weighted by molar-refractivity contribution is 6.37. The molecule has 0 fully saturated rings. The van der Waals surface area contributed by atoms with E-state index in [9.17, 15) is 9.59 Å². The van der Waals surface area contributed by atoms with Gasteiger partial charge in [0.15, 0.2) is 0 Å². The Balaban J connectivity index is 1.65. The number of nitrogens with two attached hydrogens (primary N) is 1. The van der Waals surface area contributed by atoms with Gasteiger partial charge in [-0.1, -0.05) is 48.5 Å². The van der Waals surface area contributed by atoms with Gasteiger partial charge in [-0.05, 0) is 75.8 Å². The van der Waals surface area contributed by atoms with Gasteiger partial charge in [-0.25, -0.2) is 4.79 Å². The summed E-state index contributed by atoms with van der Waals surface area (Å²) in [4.78, 5) is 27.5. The van der Waals surface area contributed by atoms with E-state index >= 15 is 0 Å². The lowest BCUT2D eigenvalue weighted by Gasteiger charge is -2.17. The second-order valence-corrected chi connectivity index (χ2v) is 9.35. The standard InChI is InChI=1S/C30H34N4O3/c1-4-37-30(36)22-14-17-24-26(19-22)33-29(35)27(24)28(21-9-6-5-7-10-21)32-23-15-12-20(13-16-23)25(31)11-8-18-34(2)3/h5-7,9-10,12-17,19,25,32H,4,8,11,18,31H2,1-3H3,(H,33,35). The average molecular weight is 499 g/mol. The third kappa shape index (κ3) is 6.25. The molecule has 0 bridgehead atoms. The van der Waals surface area contributed by atoms with Crippen LogP contribution in [0.2, 0.25) is 0 Å². The summed E-state index contributed by atoms with van der Waals surface area (Å²) in [6.45, 7) is 3.05. The second-order valence-electron chi connectivity index (χ2n) is 9.35. The largest absolute Gasteiger partial charge is 0.462 e. The molecule has 1 aliphatic rings. The fraction of sp³-hybridized carbons (Fsp3) is 0.267. The number of hydrogen-bond donors (Lipinski definition) is 3. The summed E-state index contributed by atoms with van der Waals surface area (Å²) in [7, 11) is 4.13. The molecule has 1 atom stereocenters. The van der Waals surface area contributed by atoms with E-state index in [0.29, 0.717) is 22.5 Å². The minimum Gasteiger partial charge on any atom is -0.462 e. The van der Waals surface area contributed by atoms with Crippen LogP contribution in [0.4, 0.5) is 11.4 Å². The summed E-state index contributed by atoms with van der Waals surface area (Å²) < 4.78 is 5.11. The van der Waals surface area contributed by atoms with E-state index in [1.165, 1.54) is 0 Å². The maximum absolute atomic E-state index is 13.2. The van der Waals surface area contributed by atoms with E-state index in [1.54, 1.807) is 25.1 Å². The summed E-state index contributed by atoms with van der Waals surface area (Å²) in [5.74, 6) is -0.653. The second kappa shape index (κ2) is 11.9. The lowest BCUT2D eigenvalue weighted by Crippen LogP contribution is -2.16. The van der Waals surface area contributed by atoms with E-state index in [0.717, 1.165) is 41.8 Å². The molecule has 7 heteroatoms. The number of hydrogen-bond acceptors (Lipinski definition) is 6. The number of esters is 1. The number of anilines is 2. The Hall–Kier alpha value is -3.94. The van der Waals surface area contributed by atoms with Crippen LogP contribution < -0.4 is 16.4 Å². The van der Waals surface area contributed by atoms with E-state index in [4.69, 9.17) is 10.5 Å². The van der Waals surface area contributed by atoms with Gasteiger partial charge in [-0.15, -0.1) is 0 Å². The van der Waals surface area contributed by atoms with Gasteiger partial charge in [-0.3, -0.25) is 4.79 Å². The predicted octanol–water partition coefficient (Wildman–Crippen LogP) is 5.14. The number of nitrogens with one attached hydrogen (secondary N) is 2. The number of fused-ring (bicyclic) bond motifs is 1. The number of carbonyl (C=O) groups is 2. The Labute approximate surface area is 218 Å². The maximum atomic E-state index is 13.2. The highest BCUT2D eigenvalue weighted by Gasteiger charge is 2.29. The van der Waals surface area contributed by atoms with Crippen LogP contribution in [0.5, 0.6) is 0 Å². The van der Waals surface area contributed by atoms with Gasteiger partial charge in [0.25, 0.3) is 5.91 Å². The Kier molecular flexibility index (Phi) is 8.38. The van der Waals surface area contributed by atoms with Crippen LogP contribution in [-0.2, 0) is 9.53 Å². The molecular weight excluding hydrogens is 464 g/mol. The molecule has 1 aliphatic heterocycles. The quantitative estimate of drug-likeness (QED) is 0.265. The van der Waals surface area contributed by atoms with Crippen LogP contribution in [0.3, 0.4) is 0 Å². The maximum Gasteiger partial charge on any atom is 0.338 e. The van der Waals surface area contributed by atoms with Crippen molar-refractivity contribution in [1.29, 1.82) is 0 Å². The topological polar surface area (TPSA) is 96.7 Å². The normalized spacial score (nSPS) is 14.7. The number of amides is 1. The molecule has 4 N–H and O–H groups in total. The van der Waals surface area contributed by atoms with Crippen LogP contribution in [0.1, 0.15) is 52.9 Å². The van der Waals surface area contributed by atoms with Gasteiger partial charge in [0.05, 0.1) is 29.1 Å². The van der Waals surface area contributed by atoms with Crippen molar-refractivity contribution in [2.75, 3.05) is 37.9 Å². The zero-order valence-corrected chi connectivity index (χ0v) is 21.6. The highest BCUT2D eigenvalue weighted by Crippen LogP contribution is 2.38. The van der Waals surface area contributed by atoms with E-state index in [1.807, 2.05) is 54.6 Å². The minimum absolute atomic E-state index is 0.0259. The van der Waals surface area contributed by atoms with Gasteiger partial charge in [0.2, 0.25) is 0 Å². The van der Waals surface area contributed by atoms with Crippen molar-refractivity contribution < 1.29 is 14.3 Å². The van der Waals surface area contributed by atoms with E-state index < -0.39 is 5.97 Å². The third-order valence-corrected chi connectivity index (χ3v) is 6.32. The smallest absolute Gasteiger partial charge is 0.338 e. The predicted molar refractivity (Wildman–Crippen MR) is 149 cm³/mol. The SMILES string of the molecule is CCOC(=O)c1ccc2c(c1)NC(=O)C2=C(Nc1ccc(C(N)CCCN(C)C)cc1)c1ccccc1. The first-order valence-corrected chi connectivity index (χ1v) is 12.6. The number of ether oxygens (including phenoxy) is 1. The zero-order chi connectivity index (χ0) is 26.4. The van der Waals surface area contributed by atoms with Crippen LogP contribution >= 0.6 is 0 Å². The molecule has 3 aromatic carbocycles. The Morgan fingerprint density at radius 1 is 1.03 bits per heavy atom. The van der Waals surface area contributed by atoms with Crippen molar-refractivity contribution in [3.05, 3.63) is 95.1 Å². The molecule has 0 saturated heterocycles. The van der Waals surface area contributed by atoms with E-state index in [2.05, 4.69) is 29.6 Å². The molecule has 0 saturated carbocycles. The van der Waals surface area contributed by atoms with Crippen LogP contribution in [0.15, 0.2) is 72.8 Å². The molecule has 0 aromatic heterocycles. The van der Waals surface area contributed by atoms with Crippen molar-refractivity contribution in [3.8, 4) is 0 Å². The first-order chi connectivity index (χ1) is 17.9. The van der Waals surface area contributed by atoms with Gasteiger partial charge >= 0.3 is 5.97 Å². The van der Waals surface area contributed by atoms with Crippen LogP contribution in [-0.4, -0.2) is 44.0 Å². The zero-order valence-electron chi connectivity index (χ0n) is 21.6. The van der Waals surface area contributed by atoms with Gasteiger partial charge < -0.3 is 26.0 Å². The van der Waals surface area contributed by atoms with Gasteiger partial charge in [-0.2, -0.15) is 0 Å². The fourth-order valence-electron chi connectivity index (χ4n) is 4.40. The molecule has 1 heterocycles. The minimum atomic E-state index is -0.418. The van der Waals surface area contributed by atoms with E-state index in [-0.39, 0.29) is 18.6 Å². The first kappa shape index (κ1) is 26.1. The molecule has 1 unspecified atom stereocenters. The molecule has 1 amide bonds. The Morgan fingerprint density at radius 2 is 1.76 bits per heavy atom. The molecule has 3 aromatic rings. The molecular formula is C30H34N4O3. The summed E-state index contributed by atoms with van der Waals surface area (Å²) in [5, 5.41) is 6.38. The number of rotatable bonds is 10. The first-order valence-electron chi connectivity index (χ1n) is 12.6. The average Bonchev–Trinajstić information content (AvgIpc) is 3.22. The van der Waals surface area contributed by atoms with Crippen LogP contribution in [0.25, 0.3) is 11.3 Å². The lowest BCUT2D eigenvalue weighted by molar-refractivity contribution is -0.110. The van der Waals surface area contributed by atoms with Crippen molar-refractivity contribution in [2.24, 2.45) is 5.73 Å². The number of carbonyl (C=O) groups excluding carboxylic acids is 2. The fourth-order valence-corrected chi connectivity index (χ4v) is 4.40. The molecule has 0 spiro atoms. The van der Waals surface area contributed by atoms with Gasteiger partial charge in [0.1, 0.15) is 0 Å². The summed E-state index contributed by atoms with van der Waals surface area (Å²) in [6, 6.07) is 22.9. The third-order valence-electron chi connectivity index (χ3n) is 6.32. The highest BCUT2D eigenvalue weighted by atomic mass is 16.5. The summed E-state index contributed by atoms with van der Waals surface area (Å²) in [5.41, 5.74) is 12.1. The molecule has 0 aliphatic carbocycles. The van der Waals surface area contributed by atoms with Crippen molar-refractivity contribution in [3.63, 3.8) is 0 Å². The Morgan fingerprint density at radius 3 is 2.43 bits per heavy atom. The molecule has 4 rings (SSSR count). The molecule has 7 nitrogen and oxygen atoms in total. The van der Waals surface area contributed by atoms with Crippen LogP contribution in [0, 0.1) is 0 Å².